The Morgan fingerprint density at radius 3 is 2.37 bits per heavy atom. The highest BCUT2D eigenvalue weighted by molar-refractivity contribution is 9.10. The SMILES string of the molecule is O=C(Nc1ccccc1C(=O)NCCc1c[nH]c2ccccc12)c1ccccc1Br. The Balaban J connectivity index is 1.43. The van der Waals surface area contributed by atoms with Crippen LogP contribution in [0.1, 0.15) is 26.3 Å². The average molecular weight is 462 g/mol. The standard InChI is InChI=1S/C24H20BrN3O2/c25-20-10-4-1-8-18(20)24(30)28-22-12-6-3-9-19(22)23(29)26-14-13-16-15-27-21-11-5-2-7-17(16)21/h1-12,15,27H,13-14H2,(H,26,29)(H,28,30). The first kappa shape index (κ1) is 19.9. The number of anilines is 1. The molecule has 1 aromatic heterocycles. The molecular formula is C24H20BrN3O2. The second-order valence-corrected chi connectivity index (χ2v) is 7.70. The van der Waals surface area contributed by atoms with Crippen molar-refractivity contribution in [2.45, 2.75) is 6.42 Å². The molecule has 2 amide bonds. The van der Waals surface area contributed by atoms with Crippen molar-refractivity contribution in [3.8, 4) is 0 Å². The number of nitrogens with one attached hydrogen (secondary N) is 3. The summed E-state index contributed by atoms with van der Waals surface area (Å²) in [5.74, 6) is -0.501. The van der Waals surface area contributed by atoms with Gasteiger partial charge in [0.15, 0.2) is 0 Å². The maximum atomic E-state index is 12.8. The molecule has 0 aliphatic heterocycles. The third-order valence-corrected chi connectivity index (χ3v) is 5.58. The van der Waals surface area contributed by atoms with Crippen LogP contribution in [0.5, 0.6) is 0 Å². The molecule has 4 aromatic rings. The van der Waals surface area contributed by atoms with E-state index in [1.54, 1.807) is 42.5 Å². The second kappa shape index (κ2) is 8.97. The molecule has 0 spiro atoms. The van der Waals surface area contributed by atoms with Crippen molar-refractivity contribution in [1.82, 2.24) is 10.3 Å². The molecule has 0 aliphatic carbocycles. The lowest BCUT2D eigenvalue weighted by atomic mass is 10.1. The minimum absolute atomic E-state index is 0.224. The molecule has 0 aliphatic rings. The largest absolute Gasteiger partial charge is 0.361 e. The predicted octanol–water partition coefficient (Wildman–Crippen LogP) is 5.16. The highest BCUT2D eigenvalue weighted by atomic mass is 79.9. The van der Waals surface area contributed by atoms with Crippen molar-refractivity contribution >= 4 is 44.3 Å². The first-order valence-corrected chi connectivity index (χ1v) is 10.4. The molecule has 0 unspecified atom stereocenters. The van der Waals surface area contributed by atoms with Gasteiger partial charge in [-0.2, -0.15) is 0 Å². The quantitative estimate of drug-likeness (QED) is 0.371. The monoisotopic (exact) mass is 461 g/mol. The smallest absolute Gasteiger partial charge is 0.256 e. The summed E-state index contributed by atoms with van der Waals surface area (Å²) in [6.45, 7) is 0.493. The Morgan fingerprint density at radius 1 is 0.833 bits per heavy atom. The van der Waals surface area contributed by atoms with Crippen LogP contribution in [0.2, 0.25) is 0 Å². The summed E-state index contributed by atoms with van der Waals surface area (Å²) in [5, 5.41) is 6.96. The molecule has 0 fully saturated rings. The number of aromatic nitrogens is 1. The van der Waals surface area contributed by atoms with Gasteiger partial charge < -0.3 is 15.6 Å². The van der Waals surface area contributed by atoms with Gasteiger partial charge in [-0.05, 0) is 58.2 Å². The molecule has 4 rings (SSSR count). The molecule has 30 heavy (non-hydrogen) atoms. The highest BCUT2D eigenvalue weighted by Crippen LogP contribution is 2.21. The summed E-state index contributed by atoms with van der Waals surface area (Å²) in [7, 11) is 0. The number of carbonyl (C=O) groups excluding carboxylic acids is 2. The molecule has 3 aromatic carbocycles. The van der Waals surface area contributed by atoms with E-state index in [4.69, 9.17) is 0 Å². The summed E-state index contributed by atoms with van der Waals surface area (Å²) in [4.78, 5) is 28.6. The van der Waals surface area contributed by atoms with Gasteiger partial charge in [-0.15, -0.1) is 0 Å². The minimum atomic E-state index is -0.276. The van der Waals surface area contributed by atoms with Gasteiger partial charge in [0.1, 0.15) is 0 Å². The fraction of sp³-hybridized carbons (Fsp3) is 0.0833. The number of fused-ring (bicyclic) bond motifs is 1. The summed E-state index contributed by atoms with van der Waals surface area (Å²) < 4.78 is 0.697. The zero-order valence-electron chi connectivity index (χ0n) is 16.1. The van der Waals surface area contributed by atoms with Gasteiger partial charge in [-0.1, -0.05) is 42.5 Å². The lowest BCUT2D eigenvalue weighted by molar-refractivity contribution is 0.0955. The van der Waals surface area contributed by atoms with Crippen molar-refractivity contribution < 1.29 is 9.59 Å². The van der Waals surface area contributed by atoms with Crippen molar-refractivity contribution in [1.29, 1.82) is 0 Å². The molecular weight excluding hydrogens is 442 g/mol. The van der Waals surface area contributed by atoms with Crippen LogP contribution in [0.15, 0.2) is 83.5 Å². The van der Waals surface area contributed by atoms with E-state index in [2.05, 4.69) is 37.6 Å². The lowest BCUT2D eigenvalue weighted by Crippen LogP contribution is -2.27. The first-order chi connectivity index (χ1) is 14.6. The summed E-state index contributed by atoms with van der Waals surface area (Å²) in [6.07, 6.45) is 2.68. The molecule has 0 saturated heterocycles. The number of carbonyl (C=O) groups is 2. The van der Waals surface area contributed by atoms with E-state index < -0.39 is 0 Å². The number of halogens is 1. The molecule has 6 heteroatoms. The van der Waals surface area contributed by atoms with E-state index >= 15 is 0 Å². The van der Waals surface area contributed by atoms with Gasteiger partial charge in [-0.3, -0.25) is 9.59 Å². The zero-order valence-corrected chi connectivity index (χ0v) is 17.7. The number of para-hydroxylation sites is 2. The number of hydrogen-bond donors (Lipinski definition) is 3. The van der Waals surface area contributed by atoms with Crippen molar-refractivity contribution in [3.05, 3.63) is 100 Å². The Hall–Kier alpha value is -3.38. The van der Waals surface area contributed by atoms with Gasteiger partial charge >= 0.3 is 0 Å². The predicted molar refractivity (Wildman–Crippen MR) is 123 cm³/mol. The number of hydrogen-bond acceptors (Lipinski definition) is 2. The Morgan fingerprint density at radius 2 is 1.53 bits per heavy atom. The van der Waals surface area contributed by atoms with Crippen LogP contribution in [-0.2, 0) is 6.42 Å². The van der Waals surface area contributed by atoms with E-state index in [9.17, 15) is 9.59 Å². The molecule has 150 valence electrons. The number of aromatic amines is 1. The molecule has 0 radical (unpaired) electrons. The van der Waals surface area contributed by atoms with Crippen LogP contribution in [0.3, 0.4) is 0 Å². The molecule has 5 nitrogen and oxygen atoms in total. The highest BCUT2D eigenvalue weighted by Gasteiger charge is 2.15. The first-order valence-electron chi connectivity index (χ1n) is 9.61. The third-order valence-electron chi connectivity index (χ3n) is 4.89. The number of rotatable bonds is 6. The van der Waals surface area contributed by atoms with Gasteiger partial charge in [-0.25, -0.2) is 0 Å². The summed E-state index contributed by atoms with van der Waals surface area (Å²) in [5.41, 5.74) is 3.65. The number of benzene rings is 3. The topological polar surface area (TPSA) is 74.0 Å². The van der Waals surface area contributed by atoms with Crippen LogP contribution in [0, 0.1) is 0 Å². The van der Waals surface area contributed by atoms with Crippen molar-refractivity contribution in [2.24, 2.45) is 0 Å². The Kier molecular flexibility index (Phi) is 5.95. The molecule has 0 atom stereocenters. The van der Waals surface area contributed by atoms with Crippen LogP contribution < -0.4 is 10.6 Å². The fourth-order valence-electron chi connectivity index (χ4n) is 3.37. The molecule has 1 heterocycles. The van der Waals surface area contributed by atoms with E-state index in [0.717, 1.165) is 16.5 Å². The fourth-order valence-corrected chi connectivity index (χ4v) is 3.83. The summed E-state index contributed by atoms with van der Waals surface area (Å²) >= 11 is 3.39. The van der Waals surface area contributed by atoms with Gasteiger partial charge in [0, 0.05) is 28.1 Å². The van der Waals surface area contributed by atoms with Gasteiger partial charge in [0.05, 0.1) is 16.8 Å². The van der Waals surface area contributed by atoms with Crippen LogP contribution >= 0.6 is 15.9 Å². The van der Waals surface area contributed by atoms with Crippen LogP contribution in [0.25, 0.3) is 10.9 Å². The average Bonchev–Trinajstić information content (AvgIpc) is 3.17. The normalized spacial score (nSPS) is 10.7. The number of amides is 2. The van der Waals surface area contributed by atoms with Crippen molar-refractivity contribution in [3.63, 3.8) is 0 Å². The van der Waals surface area contributed by atoms with E-state index in [0.29, 0.717) is 34.3 Å². The molecule has 3 N–H and O–H groups in total. The maximum absolute atomic E-state index is 12.8. The Bertz CT molecular complexity index is 1220. The minimum Gasteiger partial charge on any atom is -0.361 e. The molecule has 0 saturated carbocycles. The second-order valence-electron chi connectivity index (χ2n) is 6.84. The lowest BCUT2D eigenvalue weighted by Gasteiger charge is -2.12. The van der Waals surface area contributed by atoms with Gasteiger partial charge in [0.2, 0.25) is 0 Å². The van der Waals surface area contributed by atoms with Gasteiger partial charge in [0.25, 0.3) is 11.8 Å². The molecule has 0 bridgehead atoms. The summed E-state index contributed by atoms with van der Waals surface area (Å²) in [6, 6.07) is 22.3. The van der Waals surface area contributed by atoms with Crippen LogP contribution in [0.4, 0.5) is 5.69 Å². The zero-order chi connectivity index (χ0) is 20.9. The van der Waals surface area contributed by atoms with E-state index in [1.165, 1.54) is 0 Å². The van der Waals surface area contributed by atoms with Crippen molar-refractivity contribution in [2.75, 3.05) is 11.9 Å². The maximum Gasteiger partial charge on any atom is 0.256 e. The number of H-pyrrole nitrogens is 1. The third kappa shape index (κ3) is 4.28. The van der Waals surface area contributed by atoms with E-state index in [1.807, 2.05) is 30.5 Å². The van der Waals surface area contributed by atoms with Crippen LogP contribution in [-0.4, -0.2) is 23.3 Å². The van der Waals surface area contributed by atoms with E-state index in [-0.39, 0.29) is 11.8 Å². The Labute approximate surface area is 182 Å².